The third-order valence-electron chi connectivity index (χ3n) is 2.15. The van der Waals surface area contributed by atoms with Crippen molar-refractivity contribution >= 4 is 23.2 Å². The van der Waals surface area contributed by atoms with E-state index in [0.717, 1.165) is 15.6 Å². The highest BCUT2D eigenvalue weighted by Gasteiger charge is 2.16. The van der Waals surface area contributed by atoms with Gasteiger partial charge < -0.3 is 0 Å². The lowest BCUT2D eigenvalue weighted by atomic mass is 9.87. The van der Waals surface area contributed by atoms with E-state index in [-0.39, 0.29) is 5.41 Å². The monoisotopic (exact) mass is 216 g/mol. The van der Waals surface area contributed by atoms with Crippen molar-refractivity contribution in [3.8, 4) is 0 Å². The van der Waals surface area contributed by atoms with Gasteiger partial charge in [-0.05, 0) is 35.6 Å². The van der Waals surface area contributed by atoms with Crippen molar-refractivity contribution in [1.82, 2.24) is 0 Å². The maximum atomic E-state index is 6.04. The highest BCUT2D eigenvalue weighted by atomic mass is 35.5. The quantitative estimate of drug-likeness (QED) is 0.595. The van der Waals surface area contributed by atoms with Gasteiger partial charge in [0, 0.05) is 10.0 Å². The zero-order valence-electron chi connectivity index (χ0n) is 8.41. The van der Waals surface area contributed by atoms with Crippen LogP contribution in [-0.4, -0.2) is 0 Å². The van der Waals surface area contributed by atoms with Crippen molar-refractivity contribution in [2.24, 2.45) is 0 Å². The van der Waals surface area contributed by atoms with Gasteiger partial charge in [-0.1, -0.05) is 44.0 Å². The molecule has 1 aromatic rings. The molecule has 0 aliphatic rings. The molecule has 0 aliphatic carbocycles. The van der Waals surface area contributed by atoms with E-state index >= 15 is 0 Å². The lowest BCUT2D eigenvalue weighted by Crippen LogP contribution is -2.11. The number of benzene rings is 1. The molecule has 0 atom stereocenters. The number of hydrogen-bond acceptors (Lipinski definition) is 0. The van der Waals surface area contributed by atoms with Gasteiger partial charge in [-0.2, -0.15) is 0 Å². The van der Waals surface area contributed by atoms with E-state index in [1.54, 1.807) is 0 Å². The fourth-order valence-electron chi connectivity index (χ4n) is 1.08. The molecule has 2 heteroatoms. The molecule has 72 valence electrons. The molecule has 0 aliphatic heterocycles. The molecule has 0 nitrogen and oxygen atoms in total. The number of hydrogen-bond donors (Lipinski definition) is 0. The average molecular weight is 217 g/mol. The second-order valence-corrected chi connectivity index (χ2v) is 5.13. The van der Waals surface area contributed by atoms with Crippen LogP contribution in [0, 0.1) is 6.92 Å². The van der Waals surface area contributed by atoms with Crippen LogP contribution in [0.2, 0.25) is 10.0 Å². The molecule has 0 radical (unpaired) electrons. The van der Waals surface area contributed by atoms with Crippen molar-refractivity contribution in [2.75, 3.05) is 0 Å². The van der Waals surface area contributed by atoms with Crippen LogP contribution in [0.5, 0.6) is 0 Å². The Kier molecular flexibility index (Phi) is 2.94. The van der Waals surface area contributed by atoms with E-state index < -0.39 is 0 Å². The van der Waals surface area contributed by atoms with E-state index in [0.29, 0.717) is 0 Å². The van der Waals surface area contributed by atoms with Gasteiger partial charge in [-0.15, -0.1) is 0 Å². The number of rotatable bonds is 0. The van der Waals surface area contributed by atoms with Crippen molar-refractivity contribution in [2.45, 2.75) is 33.1 Å². The summed E-state index contributed by atoms with van der Waals surface area (Å²) >= 11 is 12.1. The molecule has 0 fully saturated rings. The van der Waals surface area contributed by atoms with Gasteiger partial charge in [0.15, 0.2) is 0 Å². The molecule has 0 amide bonds. The van der Waals surface area contributed by atoms with Crippen molar-refractivity contribution in [1.29, 1.82) is 0 Å². The predicted molar refractivity (Wildman–Crippen MR) is 59.9 cm³/mol. The zero-order chi connectivity index (χ0) is 10.2. The summed E-state index contributed by atoms with van der Waals surface area (Å²) in [6.45, 7) is 8.36. The molecule has 13 heavy (non-hydrogen) atoms. The van der Waals surface area contributed by atoms with E-state index in [4.69, 9.17) is 23.2 Å². The van der Waals surface area contributed by atoms with Crippen molar-refractivity contribution < 1.29 is 0 Å². The Hall–Kier alpha value is -0.200. The zero-order valence-corrected chi connectivity index (χ0v) is 9.92. The molecule has 0 aromatic heterocycles. The standard InChI is InChI=1S/C11H14Cl2/c1-7-9(12)5-8(6-10(7)13)11(2,3)4/h5-6H,1-4H3. The van der Waals surface area contributed by atoms with Crippen LogP contribution in [0.4, 0.5) is 0 Å². The Labute approximate surface area is 89.9 Å². The van der Waals surface area contributed by atoms with Crippen LogP contribution in [0.3, 0.4) is 0 Å². The molecule has 0 spiro atoms. The van der Waals surface area contributed by atoms with Crippen molar-refractivity contribution in [3.05, 3.63) is 33.3 Å². The summed E-state index contributed by atoms with van der Waals surface area (Å²) in [5.74, 6) is 0. The molecule has 0 bridgehead atoms. The Morgan fingerprint density at radius 3 is 1.69 bits per heavy atom. The molecule has 0 N–H and O–H groups in total. The summed E-state index contributed by atoms with van der Waals surface area (Å²) in [6, 6.07) is 3.98. The summed E-state index contributed by atoms with van der Waals surface area (Å²) < 4.78 is 0. The van der Waals surface area contributed by atoms with Crippen molar-refractivity contribution in [3.63, 3.8) is 0 Å². The summed E-state index contributed by atoms with van der Waals surface area (Å²) in [5.41, 5.74) is 2.23. The van der Waals surface area contributed by atoms with E-state index in [1.165, 1.54) is 5.56 Å². The SMILES string of the molecule is Cc1c(Cl)cc(C(C)(C)C)cc1Cl. The topological polar surface area (TPSA) is 0 Å². The van der Waals surface area contributed by atoms with Gasteiger partial charge in [0.1, 0.15) is 0 Å². The molecule has 0 heterocycles. The summed E-state index contributed by atoms with van der Waals surface area (Å²) in [4.78, 5) is 0. The van der Waals surface area contributed by atoms with Gasteiger partial charge in [0.25, 0.3) is 0 Å². The smallest absolute Gasteiger partial charge is 0.0452 e. The highest BCUT2D eigenvalue weighted by Crippen LogP contribution is 2.31. The van der Waals surface area contributed by atoms with E-state index in [9.17, 15) is 0 Å². The minimum atomic E-state index is 0.0982. The van der Waals surface area contributed by atoms with Gasteiger partial charge >= 0.3 is 0 Å². The lowest BCUT2D eigenvalue weighted by molar-refractivity contribution is 0.590. The predicted octanol–water partition coefficient (Wildman–Crippen LogP) is 4.60. The van der Waals surface area contributed by atoms with Gasteiger partial charge in [-0.3, -0.25) is 0 Å². The lowest BCUT2D eigenvalue weighted by Gasteiger charge is -2.20. The fraction of sp³-hybridized carbons (Fsp3) is 0.455. The Morgan fingerprint density at radius 2 is 1.38 bits per heavy atom. The third kappa shape index (κ3) is 2.38. The second kappa shape index (κ2) is 3.51. The first kappa shape index (κ1) is 10.9. The molecular weight excluding hydrogens is 203 g/mol. The third-order valence-corrected chi connectivity index (χ3v) is 2.93. The van der Waals surface area contributed by atoms with Gasteiger partial charge in [0.05, 0.1) is 0 Å². The Balaban J connectivity index is 3.29. The summed E-state index contributed by atoms with van der Waals surface area (Å²) in [7, 11) is 0. The average Bonchev–Trinajstić information content (AvgIpc) is 1.97. The normalized spacial score (nSPS) is 11.8. The summed E-state index contributed by atoms with van der Waals surface area (Å²) in [6.07, 6.45) is 0. The van der Waals surface area contributed by atoms with E-state index in [2.05, 4.69) is 20.8 Å². The molecule has 1 aromatic carbocycles. The number of halogens is 2. The summed E-state index contributed by atoms with van der Waals surface area (Å²) in [5, 5.41) is 1.50. The Morgan fingerprint density at radius 1 is 1.00 bits per heavy atom. The maximum Gasteiger partial charge on any atom is 0.0452 e. The molecular formula is C11H14Cl2. The minimum Gasteiger partial charge on any atom is -0.0840 e. The van der Waals surface area contributed by atoms with Crippen LogP contribution in [0.1, 0.15) is 31.9 Å². The first-order chi connectivity index (χ1) is 5.82. The van der Waals surface area contributed by atoms with Gasteiger partial charge in [-0.25, -0.2) is 0 Å². The molecule has 0 unspecified atom stereocenters. The minimum absolute atomic E-state index is 0.0982. The molecule has 0 saturated carbocycles. The maximum absolute atomic E-state index is 6.04. The van der Waals surface area contributed by atoms with Crippen LogP contribution in [-0.2, 0) is 5.41 Å². The fourth-order valence-corrected chi connectivity index (χ4v) is 1.57. The largest absolute Gasteiger partial charge is 0.0840 e. The second-order valence-electron chi connectivity index (χ2n) is 4.31. The van der Waals surface area contributed by atoms with E-state index in [1.807, 2.05) is 19.1 Å². The first-order valence-electron chi connectivity index (χ1n) is 4.28. The van der Waals surface area contributed by atoms with Crippen LogP contribution in [0.25, 0.3) is 0 Å². The Bertz CT molecular complexity index is 298. The highest BCUT2D eigenvalue weighted by molar-refractivity contribution is 6.36. The molecule has 1 rings (SSSR count). The first-order valence-corrected chi connectivity index (χ1v) is 5.04. The van der Waals surface area contributed by atoms with Crippen LogP contribution in [0.15, 0.2) is 12.1 Å². The van der Waals surface area contributed by atoms with Gasteiger partial charge in [0.2, 0.25) is 0 Å². The molecule has 0 saturated heterocycles. The van der Waals surface area contributed by atoms with Crippen LogP contribution < -0.4 is 0 Å². The van der Waals surface area contributed by atoms with Crippen LogP contribution >= 0.6 is 23.2 Å².